The van der Waals surface area contributed by atoms with Crippen molar-refractivity contribution < 1.29 is 26.7 Å². The molecule has 0 bridgehead atoms. The summed E-state index contributed by atoms with van der Waals surface area (Å²) in [4.78, 5) is 15.0. The number of H-pyrrole nitrogens is 1. The second kappa shape index (κ2) is 7.86. The Balaban J connectivity index is 2.28. The molecule has 0 saturated carbocycles. The predicted octanol–water partition coefficient (Wildman–Crippen LogP) is 2.65. The van der Waals surface area contributed by atoms with Crippen molar-refractivity contribution in [3.05, 3.63) is 58.0 Å². The molecule has 1 N–H and O–H groups in total. The molecule has 10 heteroatoms. The number of aromatic nitrogens is 2. The van der Waals surface area contributed by atoms with Crippen LogP contribution in [0.2, 0.25) is 0 Å². The van der Waals surface area contributed by atoms with Crippen LogP contribution >= 0.6 is 0 Å². The fraction of sp³-hybridized carbons (Fsp3) is 0.316. The van der Waals surface area contributed by atoms with Crippen LogP contribution < -0.4 is 15.2 Å². The first-order chi connectivity index (χ1) is 13.6. The van der Waals surface area contributed by atoms with Crippen LogP contribution in [0.5, 0.6) is 11.5 Å². The molecule has 0 radical (unpaired) electrons. The minimum absolute atomic E-state index is 0.0652. The minimum Gasteiger partial charge on any atom is -0.493 e. The fourth-order valence-electron chi connectivity index (χ4n) is 3.26. The maximum Gasteiger partial charge on any atom is 0.327 e. The number of benzene rings is 2. The zero-order valence-corrected chi connectivity index (χ0v) is 16.8. The molecule has 3 aromatic rings. The summed E-state index contributed by atoms with van der Waals surface area (Å²) in [5.41, 5.74) is -0.637. The Labute approximate surface area is 165 Å². The smallest absolute Gasteiger partial charge is 0.327 e. The Morgan fingerprint density at radius 3 is 2.52 bits per heavy atom. The molecule has 0 amide bonds. The monoisotopic (exact) mass is 426 g/mol. The molecule has 0 spiro atoms. The summed E-state index contributed by atoms with van der Waals surface area (Å²) in [7, 11) is -2.13. The van der Waals surface area contributed by atoms with Gasteiger partial charge < -0.3 is 14.5 Å². The molecule has 29 heavy (non-hydrogen) atoms. The van der Waals surface area contributed by atoms with E-state index in [1.165, 1.54) is 7.11 Å². The van der Waals surface area contributed by atoms with E-state index in [-0.39, 0.29) is 11.0 Å². The number of hydrogen-bond donors (Lipinski definition) is 1. The quantitative estimate of drug-likeness (QED) is 0.627. The highest BCUT2D eigenvalue weighted by atomic mass is 32.2. The summed E-state index contributed by atoms with van der Waals surface area (Å²) in [6, 6.07) is 5.24. The Morgan fingerprint density at radius 1 is 1.17 bits per heavy atom. The van der Waals surface area contributed by atoms with Crippen LogP contribution in [0.3, 0.4) is 0 Å². The van der Waals surface area contributed by atoms with Gasteiger partial charge in [-0.2, -0.15) is 0 Å². The number of sulfone groups is 1. The summed E-state index contributed by atoms with van der Waals surface area (Å²) < 4.78 is 64.0. The van der Waals surface area contributed by atoms with Gasteiger partial charge in [0.05, 0.1) is 31.0 Å². The van der Waals surface area contributed by atoms with Crippen molar-refractivity contribution in [1.29, 1.82) is 0 Å². The SMILES string of the molecule is CCOc1cc([C@@H](CS(C)(=O)=O)n2c(=O)[nH]c3cc(F)cc(F)c32)ccc1OC. The highest BCUT2D eigenvalue weighted by molar-refractivity contribution is 7.90. The number of hydrogen-bond acceptors (Lipinski definition) is 5. The highest BCUT2D eigenvalue weighted by Crippen LogP contribution is 2.33. The van der Waals surface area contributed by atoms with Crippen molar-refractivity contribution >= 4 is 20.9 Å². The number of imidazole rings is 1. The van der Waals surface area contributed by atoms with Gasteiger partial charge in [-0.3, -0.25) is 4.57 Å². The van der Waals surface area contributed by atoms with Crippen LogP contribution in [0, 0.1) is 11.6 Å². The molecule has 2 aromatic carbocycles. The first-order valence-corrected chi connectivity index (χ1v) is 10.8. The van der Waals surface area contributed by atoms with Crippen molar-refractivity contribution in [3.8, 4) is 11.5 Å². The number of fused-ring (bicyclic) bond motifs is 1. The van der Waals surface area contributed by atoms with E-state index in [9.17, 15) is 22.0 Å². The van der Waals surface area contributed by atoms with Crippen LogP contribution in [-0.4, -0.2) is 43.7 Å². The largest absolute Gasteiger partial charge is 0.493 e. The average Bonchev–Trinajstić information content (AvgIpc) is 2.95. The molecule has 1 aromatic heterocycles. The standard InChI is InChI=1S/C19H20F2N2O5S/c1-4-28-17-7-11(5-6-16(17)27-2)15(10-29(3,25)26)23-18-13(21)8-12(20)9-14(18)22-19(23)24/h5-9,15H,4,10H2,1-3H3,(H,22,24)/t15-/m1/s1. The molecule has 0 aliphatic rings. The lowest BCUT2D eigenvalue weighted by atomic mass is 10.1. The van der Waals surface area contributed by atoms with Gasteiger partial charge in [-0.25, -0.2) is 22.0 Å². The molecule has 0 saturated heterocycles. The predicted molar refractivity (Wildman–Crippen MR) is 104 cm³/mol. The molecule has 3 rings (SSSR count). The lowest BCUT2D eigenvalue weighted by molar-refractivity contribution is 0.310. The average molecular weight is 426 g/mol. The Hall–Kier alpha value is -2.88. The van der Waals surface area contributed by atoms with E-state index in [4.69, 9.17) is 9.47 Å². The summed E-state index contributed by atoms with van der Waals surface area (Å²) in [5, 5.41) is 0. The second-order valence-corrected chi connectivity index (χ2v) is 8.72. The number of methoxy groups -OCH3 is 1. The van der Waals surface area contributed by atoms with Crippen molar-refractivity contribution in [1.82, 2.24) is 9.55 Å². The van der Waals surface area contributed by atoms with Gasteiger partial charge in [0.25, 0.3) is 0 Å². The van der Waals surface area contributed by atoms with Crippen LogP contribution in [0.1, 0.15) is 18.5 Å². The van der Waals surface area contributed by atoms with E-state index < -0.39 is 39.0 Å². The van der Waals surface area contributed by atoms with Gasteiger partial charge in [0.2, 0.25) is 0 Å². The van der Waals surface area contributed by atoms with Gasteiger partial charge in [0.1, 0.15) is 21.2 Å². The van der Waals surface area contributed by atoms with E-state index in [0.717, 1.165) is 16.9 Å². The number of halogens is 2. The normalized spacial score (nSPS) is 12.9. The first-order valence-electron chi connectivity index (χ1n) is 8.72. The highest BCUT2D eigenvalue weighted by Gasteiger charge is 2.26. The van der Waals surface area contributed by atoms with Crippen LogP contribution in [0.15, 0.2) is 35.1 Å². The minimum atomic E-state index is -3.59. The van der Waals surface area contributed by atoms with Crippen LogP contribution in [-0.2, 0) is 9.84 Å². The summed E-state index contributed by atoms with van der Waals surface area (Å²) in [6.07, 6.45) is 1.02. The number of nitrogens with one attached hydrogen (secondary N) is 1. The summed E-state index contributed by atoms with van der Waals surface area (Å²) in [5.74, 6) is -1.53. The third-order valence-electron chi connectivity index (χ3n) is 4.37. The molecule has 0 fully saturated rings. The molecular formula is C19H20F2N2O5S. The van der Waals surface area contributed by atoms with Crippen LogP contribution in [0.25, 0.3) is 11.0 Å². The molecule has 1 atom stereocenters. The lowest BCUT2D eigenvalue weighted by Gasteiger charge is -2.20. The second-order valence-electron chi connectivity index (χ2n) is 6.54. The van der Waals surface area contributed by atoms with Gasteiger partial charge in [-0.15, -0.1) is 0 Å². The van der Waals surface area contributed by atoms with Crippen LogP contribution in [0.4, 0.5) is 8.78 Å². The van der Waals surface area contributed by atoms with Gasteiger partial charge in [0, 0.05) is 12.3 Å². The lowest BCUT2D eigenvalue weighted by Crippen LogP contribution is -2.28. The van der Waals surface area contributed by atoms with E-state index in [0.29, 0.717) is 29.7 Å². The molecule has 0 unspecified atom stereocenters. The zero-order chi connectivity index (χ0) is 21.3. The third kappa shape index (κ3) is 4.26. The van der Waals surface area contributed by atoms with Gasteiger partial charge in [-0.1, -0.05) is 6.07 Å². The molecule has 0 aliphatic heterocycles. The van der Waals surface area contributed by atoms with Crippen molar-refractivity contribution in [2.45, 2.75) is 13.0 Å². The number of ether oxygens (including phenoxy) is 2. The number of rotatable bonds is 7. The van der Waals surface area contributed by atoms with E-state index >= 15 is 0 Å². The van der Waals surface area contributed by atoms with Crippen molar-refractivity contribution in [2.75, 3.05) is 25.7 Å². The topological polar surface area (TPSA) is 90.4 Å². The van der Waals surface area contributed by atoms with Crippen molar-refractivity contribution in [2.24, 2.45) is 0 Å². The van der Waals surface area contributed by atoms with Gasteiger partial charge in [0.15, 0.2) is 17.3 Å². The van der Waals surface area contributed by atoms with E-state index in [1.54, 1.807) is 25.1 Å². The molecule has 156 valence electrons. The molecular weight excluding hydrogens is 406 g/mol. The molecule has 0 aliphatic carbocycles. The van der Waals surface area contributed by atoms with E-state index in [1.807, 2.05) is 0 Å². The fourth-order valence-corrected chi connectivity index (χ4v) is 4.17. The Bertz CT molecular complexity index is 1220. The Morgan fingerprint density at radius 2 is 1.90 bits per heavy atom. The maximum atomic E-state index is 14.5. The van der Waals surface area contributed by atoms with Gasteiger partial charge >= 0.3 is 5.69 Å². The van der Waals surface area contributed by atoms with Crippen molar-refractivity contribution in [3.63, 3.8) is 0 Å². The summed E-state index contributed by atoms with van der Waals surface area (Å²) in [6.45, 7) is 2.10. The third-order valence-corrected chi connectivity index (χ3v) is 5.30. The molecule has 1 heterocycles. The van der Waals surface area contributed by atoms with E-state index in [2.05, 4.69) is 4.98 Å². The van der Waals surface area contributed by atoms with Gasteiger partial charge in [-0.05, 0) is 30.7 Å². The first kappa shape index (κ1) is 20.8. The summed E-state index contributed by atoms with van der Waals surface area (Å²) >= 11 is 0. The number of aromatic amines is 1. The maximum absolute atomic E-state index is 14.5. The Kier molecular flexibility index (Phi) is 5.65. The number of nitrogens with zero attached hydrogens (tertiary/aromatic N) is 1. The molecule has 7 nitrogen and oxygen atoms in total. The zero-order valence-electron chi connectivity index (χ0n) is 16.0.